The van der Waals surface area contributed by atoms with Gasteiger partial charge in [-0.15, -0.1) is 0 Å². The second kappa shape index (κ2) is 10.5. The van der Waals surface area contributed by atoms with Gasteiger partial charge in [-0.1, -0.05) is 6.92 Å². The highest BCUT2D eigenvalue weighted by molar-refractivity contribution is 5.98. The van der Waals surface area contributed by atoms with Crippen molar-refractivity contribution in [2.75, 3.05) is 45.8 Å². The molecule has 1 unspecified atom stereocenters. The van der Waals surface area contributed by atoms with E-state index in [1.165, 1.54) is 18.2 Å². The second-order valence-corrected chi connectivity index (χ2v) is 8.37. The van der Waals surface area contributed by atoms with Crippen LogP contribution in [0, 0.1) is 17.0 Å². The maximum Gasteiger partial charge on any atom is 0.272 e. The molecule has 1 aromatic carbocycles. The Hall–Kier alpha value is -3.01. The first kappa shape index (κ1) is 23.6. The molecule has 0 bridgehead atoms. The Morgan fingerprint density at radius 2 is 1.88 bits per heavy atom. The van der Waals surface area contributed by atoms with E-state index in [2.05, 4.69) is 5.32 Å². The molecule has 32 heavy (non-hydrogen) atoms. The zero-order chi connectivity index (χ0) is 23.3. The van der Waals surface area contributed by atoms with Crippen LogP contribution in [-0.4, -0.2) is 89.2 Å². The summed E-state index contributed by atoms with van der Waals surface area (Å²) in [6.07, 6.45) is 2.24. The highest BCUT2D eigenvalue weighted by atomic mass is 16.6. The van der Waals surface area contributed by atoms with E-state index in [9.17, 15) is 24.5 Å². The Morgan fingerprint density at radius 3 is 2.50 bits per heavy atom. The smallest absolute Gasteiger partial charge is 0.272 e. The van der Waals surface area contributed by atoms with Crippen LogP contribution in [0.25, 0.3) is 0 Å². The fraction of sp³-hybridized carbons (Fsp3) is 0.591. The Kier molecular flexibility index (Phi) is 7.79. The topological polar surface area (TPSA) is 116 Å². The van der Waals surface area contributed by atoms with Gasteiger partial charge >= 0.3 is 0 Å². The number of nitrogens with one attached hydrogen (secondary N) is 1. The van der Waals surface area contributed by atoms with Gasteiger partial charge in [-0.05, 0) is 38.3 Å². The number of rotatable bonds is 7. The summed E-state index contributed by atoms with van der Waals surface area (Å²) >= 11 is 0. The van der Waals surface area contributed by atoms with E-state index in [0.717, 1.165) is 12.8 Å². The van der Waals surface area contributed by atoms with Gasteiger partial charge in [0.1, 0.15) is 6.04 Å². The lowest BCUT2D eigenvalue weighted by Crippen LogP contribution is -2.55. The van der Waals surface area contributed by atoms with Gasteiger partial charge in [0.25, 0.3) is 11.6 Å². The maximum atomic E-state index is 13.2. The van der Waals surface area contributed by atoms with Gasteiger partial charge in [-0.3, -0.25) is 29.4 Å². The van der Waals surface area contributed by atoms with Crippen LogP contribution in [0.4, 0.5) is 5.69 Å². The van der Waals surface area contributed by atoms with Crippen LogP contribution in [0.1, 0.15) is 42.1 Å². The molecule has 1 aromatic rings. The number of hydrogen-bond acceptors (Lipinski definition) is 6. The number of hydrogen-bond donors (Lipinski definition) is 1. The number of nitro benzene ring substituents is 1. The van der Waals surface area contributed by atoms with Crippen molar-refractivity contribution in [1.29, 1.82) is 0 Å². The van der Waals surface area contributed by atoms with Crippen molar-refractivity contribution in [1.82, 2.24) is 20.0 Å². The molecule has 2 saturated heterocycles. The monoisotopic (exact) mass is 445 g/mol. The molecule has 2 fully saturated rings. The second-order valence-electron chi connectivity index (χ2n) is 8.37. The van der Waals surface area contributed by atoms with Crippen LogP contribution in [0.3, 0.4) is 0 Å². The lowest BCUT2D eigenvalue weighted by molar-refractivity contribution is -0.385. The summed E-state index contributed by atoms with van der Waals surface area (Å²) < 4.78 is 0. The zero-order valence-electron chi connectivity index (χ0n) is 18.7. The number of likely N-dealkylation sites (tertiary alicyclic amines) is 1. The lowest BCUT2D eigenvalue weighted by atomic mass is 10.1. The maximum absolute atomic E-state index is 13.2. The van der Waals surface area contributed by atoms with Crippen molar-refractivity contribution >= 4 is 23.4 Å². The predicted molar refractivity (Wildman–Crippen MR) is 118 cm³/mol. The highest BCUT2D eigenvalue weighted by Crippen LogP contribution is 2.25. The minimum atomic E-state index is -0.516. The fourth-order valence-electron chi connectivity index (χ4n) is 4.29. The Labute approximate surface area is 187 Å². The van der Waals surface area contributed by atoms with E-state index in [1.807, 2.05) is 11.8 Å². The molecule has 0 spiro atoms. The molecule has 1 N–H and O–H groups in total. The van der Waals surface area contributed by atoms with Crippen LogP contribution in [0.5, 0.6) is 0 Å². The van der Waals surface area contributed by atoms with Crippen molar-refractivity contribution in [2.24, 2.45) is 0 Å². The molecule has 0 radical (unpaired) electrons. The van der Waals surface area contributed by atoms with E-state index in [0.29, 0.717) is 63.4 Å². The molecule has 0 saturated carbocycles. The van der Waals surface area contributed by atoms with Gasteiger partial charge < -0.3 is 15.1 Å². The van der Waals surface area contributed by atoms with Crippen LogP contribution in [0.15, 0.2) is 18.2 Å². The number of aryl methyl sites for hydroxylation is 1. The van der Waals surface area contributed by atoms with Crippen molar-refractivity contribution < 1.29 is 19.3 Å². The standard InChI is InChI=1S/C22H31N5O5/c1-3-8-23-20(28)15-24-10-12-25(13-11-24)22(30)19-5-4-9-26(19)21(29)17-6-7-18(27(31)32)16(2)14-17/h6-7,14,19H,3-5,8-13,15H2,1-2H3,(H,23,28). The molecule has 3 rings (SSSR count). The van der Waals surface area contributed by atoms with Gasteiger partial charge in [0.2, 0.25) is 11.8 Å². The molecular weight excluding hydrogens is 414 g/mol. The molecule has 2 heterocycles. The van der Waals surface area contributed by atoms with E-state index in [-0.39, 0.29) is 23.4 Å². The fourth-order valence-corrected chi connectivity index (χ4v) is 4.29. The molecular formula is C22H31N5O5. The van der Waals surface area contributed by atoms with Gasteiger partial charge in [-0.2, -0.15) is 0 Å². The molecule has 2 aliphatic rings. The van der Waals surface area contributed by atoms with Gasteiger partial charge in [0.15, 0.2) is 0 Å². The number of carbonyl (C=O) groups excluding carboxylic acids is 3. The average molecular weight is 446 g/mol. The largest absolute Gasteiger partial charge is 0.355 e. The minimum absolute atomic E-state index is 0.00224. The summed E-state index contributed by atoms with van der Waals surface area (Å²) in [5, 5.41) is 13.9. The number of piperazine rings is 1. The molecule has 10 heteroatoms. The number of nitro groups is 1. The van der Waals surface area contributed by atoms with E-state index in [4.69, 9.17) is 0 Å². The summed E-state index contributed by atoms with van der Waals surface area (Å²) in [6.45, 7) is 7.37. The van der Waals surface area contributed by atoms with E-state index >= 15 is 0 Å². The molecule has 174 valence electrons. The van der Waals surface area contributed by atoms with E-state index < -0.39 is 11.0 Å². The van der Waals surface area contributed by atoms with Gasteiger partial charge in [-0.25, -0.2) is 0 Å². The van der Waals surface area contributed by atoms with Crippen molar-refractivity contribution in [2.45, 2.75) is 39.2 Å². The third-order valence-electron chi connectivity index (χ3n) is 6.06. The van der Waals surface area contributed by atoms with Crippen molar-refractivity contribution in [3.8, 4) is 0 Å². The molecule has 0 aromatic heterocycles. The molecule has 2 aliphatic heterocycles. The zero-order valence-corrected chi connectivity index (χ0v) is 18.7. The van der Waals surface area contributed by atoms with Crippen molar-refractivity contribution in [3.05, 3.63) is 39.4 Å². The normalized spacial score (nSPS) is 19.1. The molecule has 10 nitrogen and oxygen atoms in total. The Balaban J connectivity index is 1.59. The minimum Gasteiger partial charge on any atom is -0.355 e. The number of benzene rings is 1. The van der Waals surface area contributed by atoms with Crippen LogP contribution >= 0.6 is 0 Å². The summed E-state index contributed by atoms with van der Waals surface area (Å²) in [5.41, 5.74) is 0.745. The molecule has 0 aliphatic carbocycles. The van der Waals surface area contributed by atoms with Crippen LogP contribution in [0.2, 0.25) is 0 Å². The number of carbonyl (C=O) groups is 3. The summed E-state index contributed by atoms with van der Waals surface area (Å²) in [5.74, 6) is -0.341. The van der Waals surface area contributed by atoms with Crippen LogP contribution < -0.4 is 5.32 Å². The first-order chi connectivity index (χ1) is 15.3. The SMILES string of the molecule is CCCNC(=O)CN1CCN(C(=O)C2CCCN2C(=O)c2ccc([N+](=O)[O-])c(C)c2)CC1. The number of amides is 3. The predicted octanol–water partition coefficient (Wildman–Crippen LogP) is 1.18. The summed E-state index contributed by atoms with van der Waals surface area (Å²) in [7, 11) is 0. The van der Waals surface area contributed by atoms with Gasteiger partial charge in [0, 0.05) is 56.5 Å². The first-order valence-electron chi connectivity index (χ1n) is 11.2. The third kappa shape index (κ3) is 5.42. The van der Waals surface area contributed by atoms with E-state index in [1.54, 1.807) is 16.7 Å². The summed E-state index contributed by atoms with van der Waals surface area (Å²) in [4.78, 5) is 54.1. The van der Waals surface area contributed by atoms with Crippen molar-refractivity contribution in [3.63, 3.8) is 0 Å². The number of nitrogens with zero attached hydrogens (tertiary/aromatic N) is 4. The Bertz CT molecular complexity index is 881. The summed E-state index contributed by atoms with van der Waals surface area (Å²) in [6, 6.07) is 3.79. The van der Waals surface area contributed by atoms with Gasteiger partial charge in [0.05, 0.1) is 11.5 Å². The van der Waals surface area contributed by atoms with Crippen LogP contribution in [-0.2, 0) is 9.59 Å². The molecule has 1 atom stereocenters. The first-order valence-corrected chi connectivity index (χ1v) is 11.2. The Morgan fingerprint density at radius 1 is 1.16 bits per heavy atom. The third-order valence-corrected chi connectivity index (χ3v) is 6.06. The quantitative estimate of drug-likeness (QED) is 0.498. The lowest BCUT2D eigenvalue weighted by Gasteiger charge is -2.37. The average Bonchev–Trinajstić information content (AvgIpc) is 3.26. The highest BCUT2D eigenvalue weighted by Gasteiger charge is 2.38. The molecule has 3 amide bonds.